The first-order chi connectivity index (χ1) is 7.25. The summed E-state index contributed by atoms with van der Waals surface area (Å²) in [6, 6.07) is 4.48. The van der Waals surface area contributed by atoms with Gasteiger partial charge in [0, 0.05) is 12.2 Å². The van der Waals surface area contributed by atoms with Crippen molar-refractivity contribution in [2.75, 3.05) is 5.32 Å². The minimum atomic E-state index is 0.572. The van der Waals surface area contributed by atoms with E-state index in [2.05, 4.69) is 17.2 Å². The number of hydrogen-bond acceptors (Lipinski definition) is 2. The Morgan fingerprint density at radius 2 is 2.07 bits per heavy atom. The van der Waals surface area contributed by atoms with Crippen LogP contribution in [-0.4, -0.2) is 11.0 Å². The second-order valence-corrected chi connectivity index (χ2v) is 4.80. The molecule has 1 fully saturated rings. The monoisotopic (exact) mass is 224 g/mol. The van der Waals surface area contributed by atoms with E-state index in [1.54, 1.807) is 6.20 Å². The molecular formula is C12H17ClN2. The Bertz CT molecular complexity index is 319. The fourth-order valence-electron chi connectivity index (χ4n) is 2.12. The lowest BCUT2D eigenvalue weighted by Crippen LogP contribution is -2.25. The Kier molecular flexibility index (Phi) is 3.47. The fourth-order valence-corrected chi connectivity index (χ4v) is 2.29. The van der Waals surface area contributed by atoms with Gasteiger partial charge in [0.05, 0.1) is 5.69 Å². The molecule has 1 aromatic rings. The Morgan fingerprint density at radius 3 is 2.73 bits per heavy atom. The molecule has 1 aromatic heterocycles. The van der Waals surface area contributed by atoms with Crippen molar-refractivity contribution in [2.45, 2.75) is 38.6 Å². The van der Waals surface area contributed by atoms with Gasteiger partial charge in [-0.15, -0.1) is 0 Å². The highest BCUT2D eigenvalue weighted by Gasteiger charge is 2.18. The highest BCUT2D eigenvalue weighted by atomic mass is 35.5. The van der Waals surface area contributed by atoms with E-state index in [1.807, 2.05) is 12.1 Å². The van der Waals surface area contributed by atoms with Gasteiger partial charge < -0.3 is 5.32 Å². The van der Waals surface area contributed by atoms with Crippen molar-refractivity contribution in [3.63, 3.8) is 0 Å². The van der Waals surface area contributed by atoms with Crippen LogP contribution in [-0.2, 0) is 0 Å². The molecule has 0 atom stereocenters. The predicted octanol–water partition coefficient (Wildman–Crippen LogP) is 3.73. The molecular weight excluding hydrogens is 208 g/mol. The van der Waals surface area contributed by atoms with Crippen molar-refractivity contribution in [3.05, 3.63) is 23.5 Å². The van der Waals surface area contributed by atoms with Crippen LogP contribution in [0.25, 0.3) is 0 Å². The van der Waals surface area contributed by atoms with Crippen molar-refractivity contribution in [1.29, 1.82) is 0 Å². The highest BCUT2D eigenvalue weighted by Crippen LogP contribution is 2.27. The van der Waals surface area contributed by atoms with Crippen LogP contribution in [0.5, 0.6) is 0 Å². The van der Waals surface area contributed by atoms with Crippen LogP contribution in [0.4, 0.5) is 5.69 Å². The number of nitrogens with one attached hydrogen (secondary N) is 1. The number of pyridine rings is 1. The number of aromatic nitrogens is 1. The molecule has 1 heterocycles. The van der Waals surface area contributed by atoms with Crippen LogP contribution in [0, 0.1) is 5.92 Å². The van der Waals surface area contributed by atoms with Crippen LogP contribution in [0.1, 0.15) is 32.6 Å². The molecule has 1 N–H and O–H groups in total. The number of anilines is 1. The second kappa shape index (κ2) is 4.84. The largest absolute Gasteiger partial charge is 0.380 e. The van der Waals surface area contributed by atoms with Gasteiger partial charge in [-0.25, -0.2) is 4.98 Å². The summed E-state index contributed by atoms with van der Waals surface area (Å²) in [4.78, 5) is 4.06. The summed E-state index contributed by atoms with van der Waals surface area (Å²) >= 11 is 6.00. The molecule has 82 valence electrons. The summed E-state index contributed by atoms with van der Waals surface area (Å²) in [6.07, 6.45) is 6.83. The van der Waals surface area contributed by atoms with Gasteiger partial charge in [-0.1, -0.05) is 18.5 Å². The average Bonchev–Trinajstić information content (AvgIpc) is 2.25. The van der Waals surface area contributed by atoms with Crippen LogP contribution < -0.4 is 5.32 Å². The number of nitrogens with zero attached hydrogens (tertiary/aromatic N) is 1. The quantitative estimate of drug-likeness (QED) is 0.775. The SMILES string of the molecule is CC1CCC(Nc2cccnc2Cl)CC1. The summed E-state index contributed by atoms with van der Waals surface area (Å²) in [6.45, 7) is 2.33. The lowest BCUT2D eigenvalue weighted by molar-refractivity contribution is 0.361. The molecule has 0 amide bonds. The molecule has 2 nitrogen and oxygen atoms in total. The Hall–Kier alpha value is -0.760. The van der Waals surface area contributed by atoms with Gasteiger partial charge in [0.2, 0.25) is 0 Å². The van der Waals surface area contributed by atoms with E-state index < -0.39 is 0 Å². The van der Waals surface area contributed by atoms with Crippen molar-refractivity contribution in [1.82, 2.24) is 4.98 Å². The molecule has 0 radical (unpaired) electrons. The number of rotatable bonds is 2. The summed E-state index contributed by atoms with van der Waals surface area (Å²) in [5.74, 6) is 0.882. The zero-order valence-electron chi connectivity index (χ0n) is 9.04. The zero-order valence-corrected chi connectivity index (χ0v) is 9.80. The molecule has 2 rings (SSSR count). The minimum Gasteiger partial charge on any atom is -0.380 e. The second-order valence-electron chi connectivity index (χ2n) is 4.44. The number of hydrogen-bond donors (Lipinski definition) is 1. The third kappa shape index (κ3) is 2.85. The van der Waals surface area contributed by atoms with Crippen LogP contribution in [0.2, 0.25) is 5.15 Å². The molecule has 1 aliphatic rings. The third-order valence-electron chi connectivity index (χ3n) is 3.13. The maximum Gasteiger partial charge on any atom is 0.152 e. The third-order valence-corrected chi connectivity index (χ3v) is 3.44. The van der Waals surface area contributed by atoms with Gasteiger partial charge in [0.1, 0.15) is 0 Å². The Morgan fingerprint density at radius 1 is 1.33 bits per heavy atom. The molecule has 0 aliphatic heterocycles. The highest BCUT2D eigenvalue weighted by molar-refractivity contribution is 6.31. The zero-order chi connectivity index (χ0) is 10.7. The molecule has 3 heteroatoms. The lowest BCUT2D eigenvalue weighted by atomic mass is 9.87. The molecule has 15 heavy (non-hydrogen) atoms. The Labute approximate surface area is 96.1 Å². The first-order valence-electron chi connectivity index (χ1n) is 5.63. The van der Waals surface area contributed by atoms with E-state index in [0.29, 0.717) is 11.2 Å². The molecule has 0 bridgehead atoms. The normalized spacial score (nSPS) is 26.3. The summed E-state index contributed by atoms with van der Waals surface area (Å²) in [7, 11) is 0. The summed E-state index contributed by atoms with van der Waals surface area (Å²) < 4.78 is 0. The minimum absolute atomic E-state index is 0.572. The van der Waals surface area contributed by atoms with Gasteiger partial charge in [0.25, 0.3) is 0 Å². The molecule has 0 saturated heterocycles. The molecule has 0 spiro atoms. The van der Waals surface area contributed by atoms with Crippen molar-refractivity contribution >= 4 is 17.3 Å². The molecule has 1 saturated carbocycles. The summed E-state index contributed by atoms with van der Waals surface area (Å²) in [5.41, 5.74) is 0.971. The first-order valence-corrected chi connectivity index (χ1v) is 6.00. The molecule has 0 unspecified atom stereocenters. The van der Waals surface area contributed by atoms with Gasteiger partial charge in [-0.2, -0.15) is 0 Å². The summed E-state index contributed by atoms with van der Waals surface area (Å²) in [5, 5.41) is 4.05. The maximum atomic E-state index is 6.00. The van der Waals surface area contributed by atoms with Gasteiger partial charge in [-0.05, 0) is 43.7 Å². The lowest BCUT2D eigenvalue weighted by Gasteiger charge is -2.27. The topological polar surface area (TPSA) is 24.9 Å². The van der Waals surface area contributed by atoms with Crippen molar-refractivity contribution in [3.8, 4) is 0 Å². The van der Waals surface area contributed by atoms with Gasteiger partial charge in [0.15, 0.2) is 5.15 Å². The number of halogens is 1. The molecule has 1 aliphatic carbocycles. The smallest absolute Gasteiger partial charge is 0.152 e. The first kappa shape index (κ1) is 10.7. The van der Waals surface area contributed by atoms with E-state index in [1.165, 1.54) is 25.7 Å². The van der Waals surface area contributed by atoms with E-state index >= 15 is 0 Å². The van der Waals surface area contributed by atoms with E-state index in [-0.39, 0.29) is 0 Å². The molecule has 0 aromatic carbocycles. The van der Waals surface area contributed by atoms with Crippen molar-refractivity contribution in [2.24, 2.45) is 5.92 Å². The predicted molar refractivity (Wildman–Crippen MR) is 64.3 cm³/mol. The Balaban J connectivity index is 1.95. The average molecular weight is 225 g/mol. The van der Waals surface area contributed by atoms with E-state index in [4.69, 9.17) is 11.6 Å². The van der Waals surface area contributed by atoms with E-state index in [0.717, 1.165) is 11.6 Å². The van der Waals surface area contributed by atoms with Gasteiger partial charge >= 0.3 is 0 Å². The van der Waals surface area contributed by atoms with Crippen LogP contribution in [0.15, 0.2) is 18.3 Å². The van der Waals surface area contributed by atoms with E-state index in [9.17, 15) is 0 Å². The van der Waals surface area contributed by atoms with Crippen LogP contribution >= 0.6 is 11.6 Å². The maximum absolute atomic E-state index is 6.00. The fraction of sp³-hybridized carbons (Fsp3) is 0.583. The van der Waals surface area contributed by atoms with Gasteiger partial charge in [-0.3, -0.25) is 0 Å². The van der Waals surface area contributed by atoms with Crippen LogP contribution in [0.3, 0.4) is 0 Å². The standard InChI is InChI=1S/C12H17ClN2/c1-9-4-6-10(7-5-9)15-11-3-2-8-14-12(11)13/h2-3,8-10,15H,4-7H2,1H3. The van der Waals surface area contributed by atoms with Crippen molar-refractivity contribution < 1.29 is 0 Å².